The number of carbonyl (C=O) groups is 1. The second-order valence-electron chi connectivity index (χ2n) is 12.3. The van der Waals surface area contributed by atoms with E-state index < -0.39 is 0 Å². The van der Waals surface area contributed by atoms with Crippen molar-refractivity contribution in [3.05, 3.63) is 87.6 Å². The van der Waals surface area contributed by atoms with Crippen molar-refractivity contribution in [3.8, 4) is 5.69 Å². The van der Waals surface area contributed by atoms with Gasteiger partial charge in [0.1, 0.15) is 16.5 Å². The fourth-order valence-corrected chi connectivity index (χ4v) is 8.44. The van der Waals surface area contributed by atoms with Gasteiger partial charge in [0.25, 0.3) is 5.91 Å². The molecule has 1 saturated heterocycles. The minimum absolute atomic E-state index is 0.0851. The second-order valence-corrected chi connectivity index (χ2v) is 14.2. The van der Waals surface area contributed by atoms with E-state index in [1.54, 1.807) is 23.1 Å². The Bertz CT molecular complexity index is 1480. The van der Waals surface area contributed by atoms with Crippen LogP contribution < -0.4 is 0 Å². The van der Waals surface area contributed by atoms with Gasteiger partial charge in [-0.3, -0.25) is 9.36 Å². The highest BCUT2D eigenvalue weighted by atomic mass is 32.2. The number of thiazole rings is 1. The van der Waals surface area contributed by atoms with Crippen molar-refractivity contribution >= 4 is 29.0 Å². The SMILES string of the molecule is Cc1ccc(-n2c(Cc3ccccc3)nnc2SCc2nc(C(=O)N3CC4(C)CC3CC(C)(C)C4)cs2)cc1. The molecule has 2 fully saturated rings. The van der Waals surface area contributed by atoms with Gasteiger partial charge in [0, 0.05) is 30.1 Å². The van der Waals surface area contributed by atoms with Gasteiger partial charge >= 0.3 is 0 Å². The highest BCUT2D eigenvalue weighted by Gasteiger charge is 2.51. The standard InChI is InChI=1S/C31H35N5OS2/c1-21-10-12-23(13-11-21)36-26(14-22-8-6-5-7-9-22)33-34-29(36)39-18-27-32-25(17-38-27)28(37)35-20-31(4)16-24(35)15-30(2,3)19-31/h5-13,17,24H,14-16,18-20H2,1-4H3. The van der Waals surface area contributed by atoms with Gasteiger partial charge in [-0.05, 0) is 54.7 Å². The molecule has 2 atom stereocenters. The van der Waals surface area contributed by atoms with E-state index in [-0.39, 0.29) is 16.7 Å². The lowest BCUT2D eigenvalue weighted by Gasteiger charge is -2.39. The molecule has 0 N–H and O–H groups in total. The number of hydrogen-bond acceptors (Lipinski definition) is 6. The molecule has 1 saturated carbocycles. The Morgan fingerprint density at radius 2 is 1.82 bits per heavy atom. The van der Waals surface area contributed by atoms with E-state index in [4.69, 9.17) is 4.98 Å². The molecule has 2 unspecified atom stereocenters. The van der Waals surface area contributed by atoms with Crippen LogP contribution in [0.1, 0.15) is 72.5 Å². The van der Waals surface area contributed by atoms with E-state index >= 15 is 0 Å². The lowest BCUT2D eigenvalue weighted by atomic mass is 9.65. The molecule has 2 bridgehead atoms. The Morgan fingerprint density at radius 1 is 1.05 bits per heavy atom. The van der Waals surface area contributed by atoms with Gasteiger partial charge < -0.3 is 4.90 Å². The molecular weight excluding hydrogens is 523 g/mol. The van der Waals surface area contributed by atoms with Crippen LogP contribution in [0.3, 0.4) is 0 Å². The summed E-state index contributed by atoms with van der Waals surface area (Å²) in [6.07, 6.45) is 4.05. The van der Waals surface area contributed by atoms with Crippen LogP contribution in [0.2, 0.25) is 0 Å². The highest BCUT2D eigenvalue weighted by Crippen LogP contribution is 2.52. The minimum Gasteiger partial charge on any atom is -0.334 e. The maximum atomic E-state index is 13.5. The van der Waals surface area contributed by atoms with Gasteiger partial charge in [0.05, 0.1) is 5.75 Å². The summed E-state index contributed by atoms with van der Waals surface area (Å²) in [5.41, 5.74) is 4.53. The largest absolute Gasteiger partial charge is 0.334 e. The van der Waals surface area contributed by atoms with Gasteiger partial charge in [-0.2, -0.15) is 0 Å². The van der Waals surface area contributed by atoms with Crippen molar-refractivity contribution in [1.82, 2.24) is 24.6 Å². The summed E-state index contributed by atoms with van der Waals surface area (Å²) >= 11 is 3.17. The molecule has 202 valence electrons. The number of likely N-dealkylation sites (tertiary alicyclic amines) is 1. The molecule has 0 radical (unpaired) electrons. The average Bonchev–Trinajstić information content (AvgIpc) is 3.59. The number of fused-ring (bicyclic) bond motifs is 2. The molecule has 6 nitrogen and oxygen atoms in total. The predicted molar refractivity (Wildman–Crippen MR) is 158 cm³/mol. The number of aryl methyl sites for hydroxylation is 1. The first-order chi connectivity index (χ1) is 18.7. The van der Waals surface area contributed by atoms with Gasteiger partial charge in [-0.15, -0.1) is 21.5 Å². The van der Waals surface area contributed by atoms with Gasteiger partial charge in [-0.1, -0.05) is 80.6 Å². The van der Waals surface area contributed by atoms with E-state index in [9.17, 15) is 4.79 Å². The molecule has 39 heavy (non-hydrogen) atoms. The van der Waals surface area contributed by atoms with E-state index in [0.29, 0.717) is 23.9 Å². The molecule has 6 rings (SSSR count). The first-order valence-corrected chi connectivity index (χ1v) is 15.5. The average molecular weight is 558 g/mol. The number of nitrogens with zero attached hydrogens (tertiary/aromatic N) is 5. The topological polar surface area (TPSA) is 63.9 Å². The molecule has 2 aliphatic rings. The molecular formula is C31H35N5OS2. The van der Waals surface area contributed by atoms with Crippen LogP contribution >= 0.6 is 23.1 Å². The number of hydrogen-bond donors (Lipinski definition) is 0. The maximum Gasteiger partial charge on any atom is 0.273 e. The smallest absolute Gasteiger partial charge is 0.273 e. The van der Waals surface area contributed by atoms with Crippen LogP contribution in [0.4, 0.5) is 0 Å². The van der Waals surface area contributed by atoms with Gasteiger partial charge in [0.2, 0.25) is 0 Å². The number of rotatable bonds is 7. The summed E-state index contributed by atoms with van der Waals surface area (Å²) in [5.74, 6) is 1.63. The van der Waals surface area contributed by atoms with Crippen LogP contribution in [-0.4, -0.2) is 43.1 Å². The molecule has 2 aromatic heterocycles. The third-order valence-electron chi connectivity index (χ3n) is 7.97. The summed E-state index contributed by atoms with van der Waals surface area (Å²) in [7, 11) is 0. The zero-order valence-electron chi connectivity index (χ0n) is 23.1. The van der Waals surface area contributed by atoms with Crippen molar-refractivity contribution < 1.29 is 4.79 Å². The Labute approximate surface area is 238 Å². The summed E-state index contributed by atoms with van der Waals surface area (Å²) in [6.45, 7) is 9.95. The van der Waals surface area contributed by atoms with E-state index in [0.717, 1.165) is 41.1 Å². The van der Waals surface area contributed by atoms with Gasteiger partial charge in [-0.25, -0.2) is 4.98 Å². The predicted octanol–water partition coefficient (Wildman–Crippen LogP) is 6.96. The van der Waals surface area contributed by atoms with E-state index in [1.165, 1.54) is 17.5 Å². The molecule has 0 spiro atoms. The summed E-state index contributed by atoms with van der Waals surface area (Å²) in [6, 6.07) is 19.1. The van der Waals surface area contributed by atoms with E-state index in [2.05, 4.69) is 95.9 Å². The number of thioether (sulfide) groups is 1. The van der Waals surface area contributed by atoms with Crippen LogP contribution in [0, 0.1) is 17.8 Å². The number of benzene rings is 2. The third kappa shape index (κ3) is 5.54. The second kappa shape index (κ2) is 10.2. The first-order valence-electron chi connectivity index (χ1n) is 13.6. The Kier molecular flexibility index (Phi) is 6.88. The molecule has 8 heteroatoms. The monoisotopic (exact) mass is 557 g/mol. The fourth-order valence-electron chi connectivity index (χ4n) is 6.69. The van der Waals surface area contributed by atoms with Crippen LogP contribution in [0.5, 0.6) is 0 Å². The molecule has 1 aliphatic carbocycles. The Hall–Kier alpha value is -2.97. The normalized spacial score (nSPS) is 21.8. The zero-order chi connectivity index (χ0) is 27.2. The zero-order valence-corrected chi connectivity index (χ0v) is 24.7. The van der Waals surface area contributed by atoms with Crippen molar-refractivity contribution in [3.63, 3.8) is 0 Å². The van der Waals surface area contributed by atoms with Crippen molar-refractivity contribution in [1.29, 1.82) is 0 Å². The van der Waals surface area contributed by atoms with E-state index in [1.807, 2.05) is 11.4 Å². The number of carbonyl (C=O) groups excluding carboxylic acids is 1. The third-order valence-corrected chi connectivity index (χ3v) is 9.94. The molecule has 4 aromatic rings. The Morgan fingerprint density at radius 3 is 2.59 bits per heavy atom. The number of amides is 1. The summed E-state index contributed by atoms with van der Waals surface area (Å²) in [5, 5.41) is 12.8. The lowest BCUT2D eigenvalue weighted by Crippen LogP contribution is -2.37. The maximum absolute atomic E-state index is 13.5. The summed E-state index contributed by atoms with van der Waals surface area (Å²) < 4.78 is 2.14. The van der Waals surface area contributed by atoms with Crippen molar-refractivity contribution in [2.45, 2.75) is 70.3 Å². The summed E-state index contributed by atoms with van der Waals surface area (Å²) in [4.78, 5) is 20.4. The van der Waals surface area contributed by atoms with Crippen LogP contribution in [-0.2, 0) is 12.2 Å². The molecule has 2 aromatic carbocycles. The Balaban J connectivity index is 1.19. The quantitative estimate of drug-likeness (QED) is 0.230. The van der Waals surface area contributed by atoms with Crippen LogP contribution in [0.25, 0.3) is 5.69 Å². The lowest BCUT2D eigenvalue weighted by molar-refractivity contribution is 0.0703. The molecule has 3 heterocycles. The van der Waals surface area contributed by atoms with Crippen molar-refractivity contribution in [2.24, 2.45) is 10.8 Å². The van der Waals surface area contributed by atoms with Crippen LogP contribution in [0.15, 0.2) is 65.1 Å². The van der Waals surface area contributed by atoms with Gasteiger partial charge in [0.15, 0.2) is 5.16 Å². The minimum atomic E-state index is 0.0851. The molecule has 1 aliphatic heterocycles. The van der Waals surface area contributed by atoms with Crippen molar-refractivity contribution in [2.75, 3.05) is 6.54 Å². The molecule has 1 amide bonds. The first kappa shape index (κ1) is 26.3. The fraction of sp³-hybridized carbons (Fsp3) is 0.419. The highest BCUT2D eigenvalue weighted by molar-refractivity contribution is 7.98. The number of aromatic nitrogens is 4.